The van der Waals surface area contributed by atoms with Gasteiger partial charge >= 0.3 is 0 Å². The first-order valence-corrected chi connectivity index (χ1v) is 11.1. The first kappa shape index (κ1) is 21.0. The molecule has 1 N–H and O–H groups in total. The summed E-state index contributed by atoms with van der Waals surface area (Å²) < 4.78 is 11.1. The SMILES string of the molecule is CCCN1C(=O)c2ccccc2[C@@H](C(=O)NCc2cccnc2)[C@@H]1c1ccc2c(c1)OCO2. The van der Waals surface area contributed by atoms with Gasteiger partial charge in [-0.3, -0.25) is 14.6 Å². The van der Waals surface area contributed by atoms with E-state index in [1.165, 1.54) is 0 Å². The van der Waals surface area contributed by atoms with E-state index in [1.54, 1.807) is 18.5 Å². The molecule has 0 aliphatic carbocycles. The predicted octanol–water partition coefficient (Wildman–Crippen LogP) is 3.82. The Kier molecular flexibility index (Phi) is 5.69. The molecule has 7 heteroatoms. The molecule has 1 aromatic heterocycles. The summed E-state index contributed by atoms with van der Waals surface area (Å²) in [6, 6.07) is 16.3. The number of nitrogens with zero attached hydrogens (tertiary/aromatic N) is 2. The molecule has 3 aromatic rings. The van der Waals surface area contributed by atoms with E-state index < -0.39 is 12.0 Å². The summed E-state index contributed by atoms with van der Waals surface area (Å²) in [6.07, 6.45) is 4.21. The second-order valence-electron chi connectivity index (χ2n) is 8.20. The van der Waals surface area contributed by atoms with Crippen molar-refractivity contribution in [1.29, 1.82) is 0 Å². The van der Waals surface area contributed by atoms with E-state index in [-0.39, 0.29) is 18.6 Å². The zero-order chi connectivity index (χ0) is 22.8. The number of carbonyl (C=O) groups excluding carboxylic acids is 2. The third kappa shape index (κ3) is 3.91. The summed E-state index contributed by atoms with van der Waals surface area (Å²) in [5, 5.41) is 3.07. The number of rotatable bonds is 6. The maximum Gasteiger partial charge on any atom is 0.254 e. The number of pyridine rings is 1. The molecule has 2 amide bonds. The predicted molar refractivity (Wildman–Crippen MR) is 122 cm³/mol. The number of carbonyl (C=O) groups is 2. The lowest BCUT2D eigenvalue weighted by atomic mass is 9.79. The summed E-state index contributed by atoms with van der Waals surface area (Å²) in [6.45, 7) is 3.10. The van der Waals surface area contributed by atoms with Gasteiger partial charge in [0.25, 0.3) is 5.91 Å². The van der Waals surface area contributed by atoms with E-state index in [9.17, 15) is 9.59 Å². The van der Waals surface area contributed by atoms with Crippen LogP contribution < -0.4 is 14.8 Å². The van der Waals surface area contributed by atoms with Crippen molar-refractivity contribution >= 4 is 11.8 Å². The van der Waals surface area contributed by atoms with Gasteiger partial charge in [-0.05, 0) is 47.4 Å². The number of ether oxygens (including phenoxy) is 2. The average Bonchev–Trinajstić information content (AvgIpc) is 3.33. The lowest BCUT2D eigenvalue weighted by Crippen LogP contribution is -2.47. The minimum Gasteiger partial charge on any atom is -0.454 e. The Labute approximate surface area is 192 Å². The molecule has 3 heterocycles. The molecule has 2 aliphatic heterocycles. The monoisotopic (exact) mass is 443 g/mol. The fourth-order valence-corrected chi connectivity index (χ4v) is 4.63. The Morgan fingerprint density at radius 2 is 1.97 bits per heavy atom. The van der Waals surface area contributed by atoms with Crippen LogP contribution in [0.25, 0.3) is 0 Å². The second kappa shape index (κ2) is 8.94. The number of hydrogen-bond donors (Lipinski definition) is 1. The van der Waals surface area contributed by atoms with Gasteiger partial charge in [-0.25, -0.2) is 0 Å². The van der Waals surface area contributed by atoms with Gasteiger partial charge in [0.05, 0.1) is 12.0 Å². The average molecular weight is 444 g/mol. The van der Waals surface area contributed by atoms with Crippen molar-refractivity contribution in [2.45, 2.75) is 31.8 Å². The Morgan fingerprint density at radius 3 is 2.79 bits per heavy atom. The van der Waals surface area contributed by atoms with Crippen LogP contribution in [0.4, 0.5) is 0 Å². The summed E-state index contributed by atoms with van der Waals surface area (Å²) in [5.41, 5.74) is 3.07. The van der Waals surface area contributed by atoms with E-state index in [2.05, 4.69) is 10.3 Å². The normalized spacial score (nSPS) is 18.7. The van der Waals surface area contributed by atoms with E-state index in [0.717, 1.165) is 23.1 Å². The Hall–Kier alpha value is -3.87. The number of benzene rings is 2. The number of aromatic nitrogens is 1. The fraction of sp³-hybridized carbons (Fsp3) is 0.269. The van der Waals surface area contributed by atoms with Crippen molar-refractivity contribution in [2.75, 3.05) is 13.3 Å². The standard InChI is InChI=1S/C26H25N3O4/c1-2-12-29-24(18-9-10-21-22(13-18)33-16-32-21)23(19-7-3-4-8-20(19)26(29)31)25(30)28-15-17-6-5-11-27-14-17/h3-11,13-14,23-24H,2,12,15-16H2,1H3,(H,28,30)/t23-,24+/m1/s1. The molecule has 0 bridgehead atoms. The highest BCUT2D eigenvalue weighted by atomic mass is 16.7. The molecule has 168 valence electrons. The smallest absolute Gasteiger partial charge is 0.254 e. The van der Waals surface area contributed by atoms with Crippen molar-refractivity contribution in [3.63, 3.8) is 0 Å². The number of amides is 2. The second-order valence-corrected chi connectivity index (χ2v) is 8.20. The van der Waals surface area contributed by atoms with Gasteiger partial charge in [-0.2, -0.15) is 0 Å². The molecule has 2 aliphatic rings. The van der Waals surface area contributed by atoms with E-state index in [4.69, 9.17) is 9.47 Å². The van der Waals surface area contributed by atoms with Gasteiger partial charge in [0, 0.05) is 31.0 Å². The lowest BCUT2D eigenvalue weighted by Gasteiger charge is -2.41. The van der Waals surface area contributed by atoms with Crippen molar-refractivity contribution in [3.05, 3.63) is 89.2 Å². The molecule has 0 saturated carbocycles. The Balaban J connectivity index is 1.57. The first-order chi connectivity index (χ1) is 16.2. The molecule has 5 rings (SSSR count). The van der Waals surface area contributed by atoms with Crippen LogP contribution in [0.15, 0.2) is 67.0 Å². The van der Waals surface area contributed by atoms with Crippen molar-refractivity contribution < 1.29 is 19.1 Å². The largest absolute Gasteiger partial charge is 0.454 e. The topological polar surface area (TPSA) is 80.8 Å². The van der Waals surface area contributed by atoms with Gasteiger partial charge in [-0.1, -0.05) is 37.3 Å². The van der Waals surface area contributed by atoms with Crippen LogP contribution in [0.2, 0.25) is 0 Å². The maximum atomic E-state index is 13.7. The molecule has 0 saturated heterocycles. The molecular formula is C26H25N3O4. The maximum absolute atomic E-state index is 13.7. The summed E-state index contributed by atoms with van der Waals surface area (Å²) in [4.78, 5) is 33.1. The Bertz CT molecular complexity index is 1180. The molecule has 33 heavy (non-hydrogen) atoms. The van der Waals surface area contributed by atoms with Gasteiger partial charge in [-0.15, -0.1) is 0 Å². The summed E-state index contributed by atoms with van der Waals surface area (Å²) in [7, 11) is 0. The summed E-state index contributed by atoms with van der Waals surface area (Å²) >= 11 is 0. The van der Waals surface area contributed by atoms with Crippen molar-refractivity contribution in [1.82, 2.24) is 15.2 Å². The van der Waals surface area contributed by atoms with Crippen LogP contribution in [0.5, 0.6) is 11.5 Å². The summed E-state index contributed by atoms with van der Waals surface area (Å²) in [5.74, 6) is 0.530. The zero-order valence-corrected chi connectivity index (χ0v) is 18.4. The minimum absolute atomic E-state index is 0.0635. The molecular weight excluding hydrogens is 418 g/mol. The van der Waals surface area contributed by atoms with Gasteiger partial charge in [0.1, 0.15) is 0 Å². The molecule has 7 nitrogen and oxygen atoms in total. The highest BCUT2D eigenvalue weighted by molar-refractivity contribution is 6.01. The minimum atomic E-state index is -0.567. The van der Waals surface area contributed by atoms with Crippen molar-refractivity contribution in [3.8, 4) is 11.5 Å². The number of hydrogen-bond acceptors (Lipinski definition) is 5. The highest BCUT2D eigenvalue weighted by Crippen LogP contribution is 2.45. The van der Waals surface area contributed by atoms with Crippen LogP contribution in [0.3, 0.4) is 0 Å². The fourth-order valence-electron chi connectivity index (χ4n) is 4.63. The van der Waals surface area contributed by atoms with E-state index >= 15 is 0 Å². The molecule has 0 fully saturated rings. The molecule has 2 atom stereocenters. The van der Waals surface area contributed by atoms with Gasteiger partial charge in [0.2, 0.25) is 12.7 Å². The van der Waals surface area contributed by atoms with Gasteiger partial charge < -0.3 is 19.7 Å². The quantitative estimate of drug-likeness (QED) is 0.627. The van der Waals surface area contributed by atoms with E-state index in [1.807, 2.05) is 60.4 Å². The molecule has 2 aromatic carbocycles. The lowest BCUT2D eigenvalue weighted by molar-refractivity contribution is -0.124. The van der Waals surface area contributed by atoms with Crippen LogP contribution in [0.1, 0.15) is 52.4 Å². The number of fused-ring (bicyclic) bond motifs is 2. The third-order valence-corrected chi connectivity index (χ3v) is 6.11. The van der Waals surface area contributed by atoms with Crippen LogP contribution in [-0.2, 0) is 11.3 Å². The molecule has 0 unspecified atom stereocenters. The van der Waals surface area contributed by atoms with Crippen molar-refractivity contribution in [2.24, 2.45) is 0 Å². The molecule has 0 radical (unpaired) electrons. The van der Waals surface area contributed by atoms with Crippen LogP contribution in [-0.4, -0.2) is 35.0 Å². The third-order valence-electron chi connectivity index (χ3n) is 6.11. The Morgan fingerprint density at radius 1 is 1.12 bits per heavy atom. The first-order valence-electron chi connectivity index (χ1n) is 11.1. The number of nitrogens with one attached hydrogen (secondary N) is 1. The van der Waals surface area contributed by atoms with Gasteiger partial charge in [0.15, 0.2) is 11.5 Å². The van der Waals surface area contributed by atoms with Crippen LogP contribution >= 0.6 is 0 Å². The van der Waals surface area contributed by atoms with Crippen LogP contribution in [0, 0.1) is 0 Å². The van der Waals surface area contributed by atoms with E-state index in [0.29, 0.717) is 30.2 Å². The molecule has 0 spiro atoms. The highest BCUT2D eigenvalue weighted by Gasteiger charge is 2.44. The zero-order valence-electron chi connectivity index (χ0n) is 18.4.